The fourth-order valence-electron chi connectivity index (χ4n) is 2.98. The smallest absolute Gasteiger partial charge is 0.274 e. The van der Waals surface area contributed by atoms with Crippen LogP contribution in [0.4, 0.5) is 11.5 Å². The van der Waals surface area contributed by atoms with Crippen LogP contribution in [0, 0.1) is 0 Å². The van der Waals surface area contributed by atoms with Crippen molar-refractivity contribution < 1.29 is 14.3 Å². The van der Waals surface area contributed by atoms with Crippen molar-refractivity contribution in [2.75, 3.05) is 52.3 Å². The summed E-state index contributed by atoms with van der Waals surface area (Å²) in [5.74, 6) is 1.79. The van der Waals surface area contributed by atoms with Crippen molar-refractivity contribution in [2.24, 2.45) is 0 Å². The molecular weight excluding hydrogens is 346 g/mol. The third kappa shape index (κ3) is 4.46. The third-order valence-electron chi connectivity index (χ3n) is 4.66. The summed E-state index contributed by atoms with van der Waals surface area (Å²) in [5.41, 5.74) is 1.09. The fourth-order valence-corrected chi connectivity index (χ4v) is 2.98. The SMILES string of the molecule is CCN1CCN(C(=O)c2ccc(Nc3ccc(OC)cc3OC)nn2)CC1. The van der Waals surface area contributed by atoms with E-state index in [1.807, 2.05) is 17.0 Å². The predicted octanol–water partition coefficient (Wildman–Crippen LogP) is 2.02. The van der Waals surface area contributed by atoms with Gasteiger partial charge in [-0.25, -0.2) is 0 Å². The van der Waals surface area contributed by atoms with Gasteiger partial charge in [0.1, 0.15) is 11.5 Å². The average Bonchev–Trinajstić information content (AvgIpc) is 2.74. The topological polar surface area (TPSA) is 79.8 Å². The highest BCUT2D eigenvalue weighted by Crippen LogP contribution is 2.30. The number of piperazine rings is 1. The molecule has 3 rings (SSSR count). The molecule has 1 fully saturated rings. The Morgan fingerprint density at radius 2 is 1.85 bits per heavy atom. The van der Waals surface area contributed by atoms with E-state index in [-0.39, 0.29) is 5.91 Å². The van der Waals surface area contributed by atoms with E-state index in [0.29, 0.717) is 23.0 Å². The van der Waals surface area contributed by atoms with E-state index in [1.54, 1.807) is 32.4 Å². The monoisotopic (exact) mass is 371 g/mol. The molecule has 8 heteroatoms. The number of ether oxygens (including phenoxy) is 2. The standard InChI is InChI=1S/C19H25N5O3/c1-4-23-9-11-24(12-10-23)19(25)16-7-8-18(22-21-16)20-15-6-5-14(26-2)13-17(15)27-3/h5-8,13H,4,9-12H2,1-3H3,(H,20,22). The van der Waals surface area contributed by atoms with Crippen LogP contribution >= 0.6 is 0 Å². The lowest BCUT2D eigenvalue weighted by Gasteiger charge is -2.33. The van der Waals surface area contributed by atoms with Gasteiger partial charge < -0.3 is 24.6 Å². The quantitative estimate of drug-likeness (QED) is 0.832. The van der Waals surface area contributed by atoms with Gasteiger partial charge in [0.15, 0.2) is 11.5 Å². The molecule has 1 aliphatic heterocycles. The van der Waals surface area contributed by atoms with Gasteiger partial charge in [-0.2, -0.15) is 0 Å². The molecule has 8 nitrogen and oxygen atoms in total. The predicted molar refractivity (Wildman–Crippen MR) is 103 cm³/mol. The van der Waals surface area contributed by atoms with Crippen LogP contribution in [-0.4, -0.2) is 72.8 Å². The Bertz CT molecular complexity index is 773. The summed E-state index contributed by atoms with van der Waals surface area (Å²) in [4.78, 5) is 16.7. The van der Waals surface area contributed by atoms with Crippen molar-refractivity contribution in [3.05, 3.63) is 36.0 Å². The number of aromatic nitrogens is 2. The second kappa shape index (κ2) is 8.68. The average molecular weight is 371 g/mol. The van der Waals surface area contributed by atoms with E-state index < -0.39 is 0 Å². The molecule has 0 radical (unpaired) electrons. The molecule has 0 saturated carbocycles. The molecule has 2 aromatic rings. The Labute approximate surface area is 159 Å². The molecule has 2 heterocycles. The molecule has 27 heavy (non-hydrogen) atoms. The first-order chi connectivity index (χ1) is 13.1. The van der Waals surface area contributed by atoms with Gasteiger partial charge >= 0.3 is 0 Å². The van der Waals surface area contributed by atoms with Crippen molar-refractivity contribution in [3.8, 4) is 11.5 Å². The van der Waals surface area contributed by atoms with E-state index in [9.17, 15) is 4.79 Å². The van der Waals surface area contributed by atoms with Crippen LogP contribution in [-0.2, 0) is 0 Å². The largest absolute Gasteiger partial charge is 0.497 e. The number of methoxy groups -OCH3 is 2. The zero-order valence-corrected chi connectivity index (χ0v) is 15.9. The van der Waals surface area contributed by atoms with Gasteiger partial charge in [-0.1, -0.05) is 6.92 Å². The minimum atomic E-state index is -0.0770. The van der Waals surface area contributed by atoms with Crippen LogP contribution in [0.25, 0.3) is 0 Å². The van der Waals surface area contributed by atoms with Gasteiger partial charge in [-0.05, 0) is 30.8 Å². The van der Waals surface area contributed by atoms with Gasteiger partial charge in [0, 0.05) is 32.2 Å². The van der Waals surface area contributed by atoms with Gasteiger partial charge in [0.2, 0.25) is 0 Å². The Morgan fingerprint density at radius 1 is 1.07 bits per heavy atom. The van der Waals surface area contributed by atoms with Crippen LogP contribution in [0.3, 0.4) is 0 Å². The van der Waals surface area contributed by atoms with Gasteiger partial charge in [0.05, 0.1) is 19.9 Å². The van der Waals surface area contributed by atoms with Crippen LogP contribution in [0.1, 0.15) is 17.4 Å². The first-order valence-corrected chi connectivity index (χ1v) is 8.99. The molecule has 0 aliphatic carbocycles. The highest BCUT2D eigenvalue weighted by atomic mass is 16.5. The minimum Gasteiger partial charge on any atom is -0.497 e. The van der Waals surface area contributed by atoms with Crippen molar-refractivity contribution in [3.63, 3.8) is 0 Å². The maximum Gasteiger partial charge on any atom is 0.274 e. The molecule has 1 aromatic heterocycles. The molecule has 1 saturated heterocycles. The second-order valence-electron chi connectivity index (χ2n) is 6.22. The number of carbonyl (C=O) groups excluding carboxylic acids is 1. The Morgan fingerprint density at radius 3 is 2.44 bits per heavy atom. The number of benzene rings is 1. The van der Waals surface area contributed by atoms with Crippen LogP contribution in [0.15, 0.2) is 30.3 Å². The molecule has 1 N–H and O–H groups in total. The van der Waals surface area contributed by atoms with Crippen LogP contribution < -0.4 is 14.8 Å². The summed E-state index contributed by atoms with van der Waals surface area (Å²) < 4.78 is 10.6. The number of amides is 1. The molecule has 0 atom stereocenters. The lowest BCUT2D eigenvalue weighted by Crippen LogP contribution is -2.48. The molecule has 1 aliphatic rings. The lowest BCUT2D eigenvalue weighted by molar-refractivity contribution is 0.0636. The summed E-state index contributed by atoms with van der Waals surface area (Å²) >= 11 is 0. The number of carbonyl (C=O) groups is 1. The maximum absolute atomic E-state index is 12.6. The third-order valence-corrected chi connectivity index (χ3v) is 4.66. The molecule has 0 bridgehead atoms. The molecule has 0 unspecified atom stereocenters. The van der Waals surface area contributed by atoms with Crippen molar-refractivity contribution >= 4 is 17.4 Å². The Hall–Kier alpha value is -2.87. The van der Waals surface area contributed by atoms with Gasteiger partial charge in [-0.15, -0.1) is 10.2 Å². The number of rotatable bonds is 6. The van der Waals surface area contributed by atoms with Crippen LogP contribution in [0.2, 0.25) is 0 Å². The second-order valence-corrected chi connectivity index (χ2v) is 6.22. The minimum absolute atomic E-state index is 0.0770. The summed E-state index contributed by atoms with van der Waals surface area (Å²) in [7, 11) is 3.19. The summed E-state index contributed by atoms with van der Waals surface area (Å²) in [5, 5.41) is 11.4. The molecule has 144 valence electrons. The summed E-state index contributed by atoms with van der Waals surface area (Å²) in [6.45, 7) is 6.37. The molecule has 1 amide bonds. The van der Waals surface area contributed by atoms with Crippen molar-refractivity contribution in [1.82, 2.24) is 20.0 Å². The Kier molecular flexibility index (Phi) is 6.08. The van der Waals surface area contributed by atoms with Crippen molar-refractivity contribution in [2.45, 2.75) is 6.92 Å². The highest BCUT2D eigenvalue weighted by Gasteiger charge is 2.22. The fraction of sp³-hybridized carbons (Fsp3) is 0.421. The zero-order valence-electron chi connectivity index (χ0n) is 15.9. The molecule has 1 aromatic carbocycles. The van der Waals surface area contributed by atoms with Crippen LogP contribution in [0.5, 0.6) is 11.5 Å². The molecular formula is C19H25N5O3. The summed E-state index contributed by atoms with van der Waals surface area (Å²) in [6, 6.07) is 8.88. The molecule has 0 spiro atoms. The van der Waals surface area contributed by atoms with E-state index in [4.69, 9.17) is 9.47 Å². The zero-order chi connectivity index (χ0) is 19.2. The number of hydrogen-bond acceptors (Lipinski definition) is 7. The van der Waals surface area contributed by atoms with E-state index in [1.165, 1.54) is 0 Å². The van der Waals surface area contributed by atoms with Crippen molar-refractivity contribution in [1.29, 1.82) is 0 Å². The van der Waals surface area contributed by atoms with E-state index in [0.717, 1.165) is 38.4 Å². The Balaban J connectivity index is 1.66. The first-order valence-electron chi connectivity index (χ1n) is 8.99. The lowest BCUT2D eigenvalue weighted by atomic mass is 10.2. The normalized spacial score (nSPS) is 14.7. The number of anilines is 2. The first kappa shape index (κ1) is 18.9. The van der Waals surface area contributed by atoms with E-state index >= 15 is 0 Å². The number of nitrogens with one attached hydrogen (secondary N) is 1. The number of nitrogens with zero attached hydrogens (tertiary/aromatic N) is 4. The van der Waals surface area contributed by atoms with Gasteiger partial charge in [0.25, 0.3) is 5.91 Å². The van der Waals surface area contributed by atoms with Gasteiger partial charge in [-0.3, -0.25) is 4.79 Å². The number of hydrogen-bond donors (Lipinski definition) is 1. The van der Waals surface area contributed by atoms with E-state index in [2.05, 4.69) is 27.3 Å². The summed E-state index contributed by atoms with van der Waals surface area (Å²) in [6.07, 6.45) is 0. The number of likely N-dealkylation sites (N-methyl/N-ethyl adjacent to an activating group) is 1. The maximum atomic E-state index is 12.6. The highest BCUT2D eigenvalue weighted by molar-refractivity contribution is 5.92.